The molecule has 0 radical (unpaired) electrons. The normalized spacial score (nSPS) is 22.6. The van der Waals surface area contributed by atoms with E-state index in [1.54, 1.807) is 21.9 Å². The minimum absolute atomic E-state index is 0.0283. The van der Waals surface area contributed by atoms with Gasteiger partial charge in [0, 0.05) is 32.1 Å². The summed E-state index contributed by atoms with van der Waals surface area (Å²) in [5.41, 5.74) is 0.541. The average molecular weight is 374 g/mol. The highest BCUT2D eigenvalue weighted by atomic mass is 16.5. The molecule has 1 heterocycles. The summed E-state index contributed by atoms with van der Waals surface area (Å²) >= 11 is 0. The van der Waals surface area contributed by atoms with Gasteiger partial charge in [-0.2, -0.15) is 0 Å². The van der Waals surface area contributed by atoms with E-state index in [4.69, 9.17) is 9.84 Å². The van der Waals surface area contributed by atoms with E-state index in [2.05, 4.69) is 0 Å². The van der Waals surface area contributed by atoms with Gasteiger partial charge in [-0.25, -0.2) is 0 Å². The summed E-state index contributed by atoms with van der Waals surface area (Å²) in [6.07, 6.45) is 1.63. The molecule has 0 aromatic heterocycles. The summed E-state index contributed by atoms with van der Waals surface area (Å²) in [5, 5.41) is 9.11. The molecule has 1 aliphatic heterocycles. The van der Waals surface area contributed by atoms with Crippen LogP contribution in [0.25, 0.3) is 0 Å². The zero-order valence-electron chi connectivity index (χ0n) is 15.6. The van der Waals surface area contributed by atoms with E-state index in [9.17, 15) is 14.4 Å². The third kappa shape index (κ3) is 4.23. The second-order valence-electron chi connectivity index (χ2n) is 7.09. The Balaban J connectivity index is 1.57. The SMILES string of the molecule is CCOc1ccccc1C(=O)N1CCN(C(=O)[C@@H]2CC[C@H](C(=O)O)C2)CC1. The molecule has 0 unspecified atom stereocenters. The number of hydrogen-bond acceptors (Lipinski definition) is 4. The number of carbonyl (C=O) groups is 3. The Labute approximate surface area is 158 Å². The largest absolute Gasteiger partial charge is 0.493 e. The molecule has 146 valence electrons. The molecular weight excluding hydrogens is 348 g/mol. The van der Waals surface area contributed by atoms with Crippen LogP contribution in [0.3, 0.4) is 0 Å². The van der Waals surface area contributed by atoms with Crippen LogP contribution in [0.4, 0.5) is 0 Å². The second kappa shape index (κ2) is 8.41. The highest BCUT2D eigenvalue weighted by molar-refractivity contribution is 5.97. The predicted molar refractivity (Wildman–Crippen MR) is 98.6 cm³/mol. The third-order valence-electron chi connectivity index (χ3n) is 5.43. The van der Waals surface area contributed by atoms with Crippen LogP contribution < -0.4 is 4.74 Å². The molecule has 1 saturated carbocycles. The second-order valence-corrected chi connectivity index (χ2v) is 7.09. The van der Waals surface area contributed by atoms with Gasteiger partial charge >= 0.3 is 5.97 Å². The molecule has 1 N–H and O–H groups in total. The average Bonchev–Trinajstić information content (AvgIpc) is 3.18. The van der Waals surface area contributed by atoms with Crippen molar-refractivity contribution in [3.8, 4) is 5.75 Å². The van der Waals surface area contributed by atoms with Gasteiger partial charge in [0.05, 0.1) is 18.1 Å². The first-order chi connectivity index (χ1) is 13.0. The molecule has 0 spiro atoms. The Kier molecular flexibility index (Phi) is 5.98. The standard InChI is InChI=1S/C20H26N2O5/c1-2-27-17-6-4-3-5-16(17)19(24)22-11-9-21(10-12-22)18(23)14-7-8-15(13-14)20(25)26/h3-6,14-15H,2,7-13H2,1H3,(H,25,26)/t14-,15+/m1/s1. The van der Waals surface area contributed by atoms with Crippen LogP contribution in [-0.2, 0) is 9.59 Å². The van der Waals surface area contributed by atoms with Crippen molar-refractivity contribution in [3.05, 3.63) is 29.8 Å². The van der Waals surface area contributed by atoms with Gasteiger partial charge in [0.15, 0.2) is 0 Å². The first-order valence-corrected chi connectivity index (χ1v) is 9.54. The van der Waals surface area contributed by atoms with Gasteiger partial charge in [-0.05, 0) is 38.3 Å². The summed E-state index contributed by atoms with van der Waals surface area (Å²) < 4.78 is 5.55. The summed E-state index contributed by atoms with van der Waals surface area (Å²) in [5.74, 6) is -0.898. The van der Waals surface area contributed by atoms with Crippen LogP contribution in [0.2, 0.25) is 0 Å². The minimum Gasteiger partial charge on any atom is -0.493 e. The fourth-order valence-electron chi connectivity index (χ4n) is 3.91. The van der Waals surface area contributed by atoms with Gasteiger partial charge in [0.25, 0.3) is 5.91 Å². The predicted octanol–water partition coefficient (Wildman–Crippen LogP) is 1.87. The zero-order chi connectivity index (χ0) is 19.4. The number of carbonyl (C=O) groups excluding carboxylic acids is 2. The molecule has 1 aliphatic carbocycles. The Morgan fingerprint density at radius 3 is 2.30 bits per heavy atom. The van der Waals surface area contributed by atoms with Crippen LogP contribution in [0.15, 0.2) is 24.3 Å². The fourth-order valence-corrected chi connectivity index (χ4v) is 3.91. The number of ether oxygens (including phenoxy) is 1. The highest BCUT2D eigenvalue weighted by Gasteiger charge is 2.37. The fraction of sp³-hybridized carbons (Fsp3) is 0.550. The third-order valence-corrected chi connectivity index (χ3v) is 5.43. The molecular formula is C20H26N2O5. The molecule has 27 heavy (non-hydrogen) atoms. The lowest BCUT2D eigenvalue weighted by molar-refractivity contribution is -0.142. The molecule has 0 bridgehead atoms. The van der Waals surface area contributed by atoms with Crippen LogP contribution in [0, 0.1) is 11.8 Å². The summed E-state index contributed by atoms with van der Waals surface area (Å²) in [7, 11) is 0. The van der Waals surface area contributed by atoms with Gasteiger partial charge in [-0.15, -0.1) is 0 Å². The van der Waals surface area contributed by atoms with Crippen molar-refractivity contribution >= 4 is 17.8 Å². The number of para-hydroxylation sites is 1. The molecule has 2 fully saturated rings. The molecule has 2 aliphatic rings. The lowest BCUT2D eigenvalue weighted by atomic mass is 10.0. The van der Waals surface area contributed by atoms with E-state index in [0.29, 0.717) is 63.4 Å². The van der Waals surface area contributed by atoms with Gasteiger partial charge in [-0.1, -0.05) is 12.1 Å². The van der Waals surface area contributed by atoms with E-state index >= 15 is 0 Å². The minimum atomic E-state index is -0.811. The van der Waals surface area contributed by atoms with E-state index in [1.165, 1.54) is 0 Å². The van der Waals surface area contributed by atoms with Crippen molar-refractivity contribution in [3.63, 3.8) is 0 Å². The smallest absolute Gasteiger partial charge is 0.306 e. The number of benzene rings is 1. The molecule has 1 saturated heterocycles. The van der Waals surface area contributed by atoms with Crippen molar-refractivity contribution in [1.82, 2.24) is 9.80 Å². The Bertz CT molecular complexity index is 712. The Morgan fingerprint density at radius 1 is 1.04 bits per heavy atom. The maximum atomic E-state index is 12.8. The highest BCUT2D eigenvalue weighted by Crippen LogP contribution is 2.32. The molecule has 1 aromatic carbocycles. The quantitative estimate of drug-likeness (QED) is 0.850. The zero-order valence-corrected chi connectivity index (χ0v) is 15.6. The van der Waals surface area contributed by atoms with Gasteiger partial charge in [0.2, 0.25) is 5.91 Å². The van der Waals surface area contributed by atoms with Gasteiger partial charge < -0.3 is 19.6 Å². The van der Waals surface area contributed by atoms with Crippen LogP contribution in [-0.4, -0.2) is 65.5 Å². The van der Waals surface area contributed by atoms with E-state index in [0.717, 1.165) is 0 Å². The van der Waals surface area contributed by atoms with Crippen molar-refractivity contribution in [2.24, 2.45) is 11.8 Å². The van der Waals surface area contributed by atoms with Gasteiger partial charge in [0.1, 0.15) is 5.75 Å². The maximum Gasteiger partial charge on any atom is 0.306 e. The van der Waals surface area contributed by atoms with Crippen LogP contribution >= 0.6 is 0 Å². The van der Waals surface area contributed by atoms with E-state index < -0.39 is 11.9 Å². The molecule has 2 atom stereocenters. The summed E-state index contributed by atoms with van der Waals surface area (Å²) in [6, 6.07) is 7.20. The van der Waals surface area contributed by atoms with Gasteiger partial charge in [-0.3, -0.25) is 14.4 Å². The molecule has 2 amide bonds. The van der Waals surface area contributed by atoms with E-state index in [-0.39, 0.29) is 17.7 Å². The monoisotopic (exact) mass is 374 g/mol. The van der Waals surface area contributed by atoms with Crippen molar-refractivity contribution in [2.45, 2.75) is 26.2 Å². The topological polar surface area (TPSA) is 87.2 Å². The van der Waals surface area contributed by atoms with Crippen molar-refractivity contribution in [2.75, 3.05) is 32.8 Å². The van der Waals surface area contributed by atoms with Crippen LogP contribution in [0.1, 0.15) is 36.5 Å². The number of amides is 2. The van der Waals surface area contributed by atoms with Crippen LogP contribution in [0.5, 0.6) is 5.75 Å². The Morgan fingerprint density at radius 2 is 1.67 bits per heavy atom. The first-order valence-electron chi connectivity index (χ1n) is 9.54. The molecule has 7 nitrogen and oxygen atoms in total. The number of rotatable bonds is 5. The Hall–Kier alpha value is -2.57. The molecule has 1 aromatic rings. The summed E-state index contributed by atoms with van der Waals surface area (Å²) in [4.78, 5) is 40.1. The summed E-state index contributed by atoms with van der Waals surface area (Å²) in [6.45, 7) is 4.28. The molecule has 3 rings (SSSR count). The van der Waals surface area contributed by atoms with Crippen molar-refractivity contribution in [1.29, 1.82) is 0 Å². The lowest BCUT2D eigenvalue weighted by Crippen LogP contribution is -2.51. The van der Waals surface area contributed by atoms with E-state index in [1.807, 2.05) is 19.1 Å². The molecule has 7 heteroatoms. The first kappa shape index (κ1) is 19.2. The number of hydrogen-bond donors (Lipinski definition) is 1. The number of nitrogens with zero attached hydrogens (tertiary/aromatic N) is 2. The maximum absolute atomic E-state index is 12.8. The van der Waals surface area contributed by atoms with Crippen molar-refractivity contribution < 1.29 is 24.2 Å². The number of carboxylic acid groups (broad SMARTS) is 1. The number of carboxylic acids is 1. The number of aliphatic carboxylic acids is 1. The lowest BCUT2D eigenvalue weighted by Gasteiger charge is -2.36. The number of piperazine rings is 1.